The van der Waals surface area contributed by atoms with E-state index in [1.807, 2.05) is 57.5 Å². The third-order valence-corrected chi connectivity index (χ3v) is 12.7. The van der Waals surface area contributed by atoms with Gasteiger partial charge in [-0.3, -0.25) is 9.80 Å². The molecule has 0 spiro atoms. The van der Waals surface area contributed by atoms with Gasteiger partial charge in [0.15, 0.2) is 0 Å². The number of rotatable bonds is 5. The Morgan fingerprint density at radius 1 is 0.750 bits per heavy atom. The summed E-state index contributed by atoms with van der Waals surface area (Å²) in [5, 5.41) is 0. The molecule has 5 aromatic rings. The highest BCUT2D eigenvalue weighted by Gasteiger charge is 2.56. The van der Waals surface area contributed by atoms with Gasteiger partial charge in [0.25, 0.3) is 0 Å². The van der Waals surface area contributed by atoms with Crippen LogP contribution in [0.2, 0.25) is 0 Å². The number of carbonyl (C=O) groups excluding carboxylic acids is 2. The van der Waals surface area contributed by atoms with Gasteiger partial charge in [-0.25, -0.2) is 19.6 Å². The topological polar surface area (TPSA) is 116 Å². The van der Waals surface area contributed by atoms with E-state index in [0.29, 0.717) is 24.3 Å². The predicted octanol–water partition coefficient (Wildman–Crippen LogP) is 10.5. The summed E-state index contributed by atoms with van der Waals surface area (Å²) < 4.78 is 11.5. The molecule has 2 saturated heterocycles. The molecular formula is C46H52N6O4. The van der Waals surface area contributed by atoms with Gasteiger partial charge in [0, 0.05) is 12.6 Å². The van der Waals surface area contributed by atoms with Gasteiger partial charge in [-0.15, -0.1) is 0 Å². The molecule has 10 heteroatoms. The summed E-state index contributed by atoms with van der Waals surface area (Å²) in [5.41, 5.74) is 10.9. The lowest BCUT2D eigenvalue weighted by molar-refractivity contribution is 0.0172. The fraction of sp³-hybridized carbons (Fsp3) is 0.478. The largest absolute Gasteiger partial charge is 0.444 e. The minimum atomic E-state index is -0.541. The molecule has 0 radical (unpaired) electrons. The summed E-state index contributed by atoms with van der Waals surface area (Å²) in [7, 11) is 0. The number of nitrogens with one attached hydrogen (secondary N) is 2. The molecule has 3 aliphatic carbocycles. The van der Waals surface area contributed by atoms with Gasteiger partial charge < -0.3 is 19.4 Å². The van der Waals surface area contributed by atoms with E-state index in [2.05, 4.69) is 64.6 Å². The van der Waals surface area contributed by atoms with Crippen molar-refractivity contribution < 1.29 is 19.1 Å². The van der Waals surface area contributed by atoms with Crippen molar-refractivity contribution in [1.82, 2.24) is 29.7 Å². The van der Waals surface area contributed by atoms with Crippen LogP contribution >= 0.6 is 0 Å². The van der Waals surface area contributed by atoms with Gasteiger partial charge in [-0.1, -0.05) is 42.5 Å². The first kappa shape index (κ1) is 35.3. The van der Waals surface area contributed by atoms with Gasteiger partial charge in [0.2, 0.25) is 0 Å². The van der Waals surface area contributed by atoms with Gasteiger partial charge in [-0.05, 0) is 155 Å². The number of nitrogens with zero attached hydrogens (tertiary/aromatic N) is 4. The third kappa shape index (κ3) is 6.16. The Kier molecular flexibility index (Phi) is 8.01. The monoisotopic (exact) mass is 752 g/mol. The lowest BCUT2D eigenvalue weighted by Gasteiger charge is -2.31. The number of carbonyl (C=O) groups is 2. The minimum absolute atomic E-state index is 0.0870. The summed E-state index contributed by atoms with van der Waals surface area (Å²) in [6, 6.07) is 20.1. The van der Waals surface area contributed by atoms with Crippen LogP contribution in [-0.2, 0) is 15.9 Å². The average Bonchev–Trinajstić information content (AvgIpc) is 3.71. The molecule has 2 amide bonds. The molecule has 2 saturated carbocycles. The second kappa shape index (κ2) is 12.7. The van der Waals surface area contributed by atoms with Gasteiger partial charge >= 0.3 is 12.2 Å². The lowest BCUT2D eigenvalue weighted by Crippen LogP contribution is -2.38. The number of hydrogen-bond donors (Lipinski definition) is 2. The molecule has 2 aliphatic heterocycles. The first-order valence-corrected chi connectivity index (χ1v) is 20.6. The second-order valence-electron chi connectivity index (χ2n) is 18.8. The molecule has 3 aromatic carbocycles. The minimum Gasteiger partial charge on any atom is -0.444 e. The maximum absolute atomic E-state index is 13.2. The van der Waals surface area contributed by atoms with Crippen molar-refractivity contribution in [3.05, 3.63) is 83.6 Å². The van der Waals surface area contributed by atoms with Gasteiger partial charge in [0.1, 0.15) is 22.9 Å². The van der Waals surface area contributed by atoms with E-state index < -0.39 is 11.2 Å². The molecule has 2 N–H and O–H groups in total. The zero-order valence-electron chi connectivity index (χ0n) is 33.3. The molecule has 2 aromatic heterocycles. The highest BCUT2D eigenvalue weighted by molar-refractivity contribution is 5.86. The van der Waals surface area contributed by atoms with Crippen LogP contribution in [0.4, 0.5) is 9.59 Å². The van der Waals surface area contributed by atoms with Crippen LogP contribution in [0.5, 0.6) is 0 Å². The molecule has 6 atom stereocenters. The van der Waals surface area contributed by atoms with E-state index in [1.54, 1.807) is 0 Å². The number of ether oxygens (including phenoxy) is 2. The van der Waals surface area contributed by atoms with Crippen molar-refractivity contribution in [1.29, 1.82) is 0 Å². The number of fused-ring (bicyclic) bond motifs is 5. The highest BCUT2D eigenvalue weighted by Crippen LogP contribution is 2.56. The molecular weight excluding hydrogens is 701 g/mol. The van der Waals surface area contributed by atoms with E-state index in [0.717, 1.165) is 66.0 Å². The third-order valence-electron chi connectivity index (χ3n) is 12.7. The van der Waals surface area contributed by atoms with Crippen molar-refractivity contribution in [2.45, 2.75) is 122 Å². The molecule has 10 rings (SSSR count). The van der Waals surface area contributed by atoms with Crippen LogP contribution < -0.4 is 0 Å². The summed E-state index contributed by atoms with van der Waals surface area (Å²) in [5.74, 6) is 3.50. The molecule has 4 fully saturated rings. The first-order valence-electron chi connectivity index (χ1n) is 20.6. The number of aromatic nitrogens is 4. The number of piperidine rings is 1. The van der Waals surface area contributed by atoms with E-state index >= 15 is 0 Å². The summed E-state index contributed by atoms with van der Waals surface area (Å²) in [4.78, 5) is 46.8. The zero-order valence-corrected chi connectivity index (χ0v) is 33.3. The molecule has 0 bridgehead atoms. The highest BCUT2D eigenvalue weighted by atomic mass is 16.6. The summed E-state index contributed by atoms with van der Waals surface area (Å²) >= 11 is 0. The van der Waals surface area contributed by atoms with Crippen molar-refractivity contribution in [3.8, 4) is 33.5 Å². The van der Waals surface area contributed by atoms with Crippen LogP contribution in [-0.4, -0.2) is 65.7 Å². The Bertz CT molecular complexity index is 2360. The van der Waals surface area contributed by atoms with E-state index in [9.17, 15) is 9.59 Å². The molecule has 290 valence electrons. The zero-order chi connectivity index (χ0) is 38.7. The number of hydrogen-bond acceptors (Lipinski definition) is 6. The molecule has 56 heavy (non-hydrogen) atoms. The molecule has 4 heterocycles. The van der Waals surface area contributed by atoms with Crippen molar-refractivity contribution in [2.75, 3.05) is 6.54 Å². The number of amides is 2. The van der Waals surface area contributed by atoms with E-state index in [4.69, 9.17) is 19.4 Å². The van der Waals surface area contributed by atoms with E-state index in [1.165, 1.54) is 46.2 Å². The molecule has 10 nitrogen and oxygen atoms in total. The second-order valence-corrected chi connectivity index (χ2v) is 18.8. The normalized spacial score (nSPS) is 25.2. The summed E-state index contributed by atoms with van der Waals surface area (Å²) in [6.45, 7) is 12.1. The molecule has 4 unspecified atom stereocenters. The van der Waals surface area contributed by atoms with Gasteiger partial charge in [0.05, 0.1) is 35.0 Å². The Labute approximate surface area is 328 Å². The number of aromatic amines is 2. The lowest BCUT2D eigenvalue weighted by atomic mass is 9.73. The number of H-pyrrole nitrogens is 2. The first-order chi connectivity index (χ1) is 26.8. The van der Waals surface area contributed by atoms with Crippen LogP contribution in [0, 0.1) is 11.8 Å². The predicted molar refractivity (Wildman–Crippen MR) is 216 cm³/mol. The standard InChI is InChI=1S/C46H52N6O4/c1-45(2,3)55-43(53)51-19-7-8-37(51)42-48-34-18-14-28(21-35(34)49-42)30-16-17-31(40-32-15-13-27(32)20-33(30)40)25-9-11-26(12-10-25)36-24-47-41(50-36)39-23-29-22-38(29)52(39)44(54)56-46(4,5)6/h9-12,14,16-18,21,24,27,29,32,37-39H,7-8,13,15,19-20,22-23H2,1-6H3,(H,47,50)(H,48,49)/t27?,29?,32?,37-,38?,39-/m0/s1. The Hall–Kier alpha value is -5.12. The van der Waals surface area contributed by atoms with Crippen LogP contribution in [0.1, 0.15) is 121 Å². The Morgan fingerprint density at radius 2 is 1.48 bits per heavy atom. The van der Waals surface area contributed by atoms with E-state index in [-0.39, 0.29) is 30.3 Å². The van der Waals surface area contributed by atoms with Crippen molar-refractivity contribution >= 4 is 23.2 Å². The van der Waals surface area contributed by atoms with Crippen molar-refractivity contribution in [2.24, 2.45) is 11.8 Å². The maximum Gasteiger partial charge on any atom is 0.411 e. The fourth-order valence-corrected chi connectivity index (χ4v) is 9.99. The van der Waals surface area contributed by atoms with Crippen LogP contribution in [0.3, 0.4) is 0 Å². The Morgan fingerprint density at radius 3 is 2.23 bits per heavy atom. The smallest absolute Gasteiger partial charge is 0.411 e. The average molecular weight is 753 g/mol. The number of imidazole rings is 2. The number of likely N-dealkylation sites (tertiary alicyclic amines) is 2. The van der Waals surface area contributed by atoms with Crippen molar-refractivity contribution in [3.63, 3.8) is 0 Å². The van der Waals surface area contributed by atoms with Gasteiger partial charge in [-0.2, -0.15) is 0 Å². The maximum atomic E-state index is 13.2. The molecule has 5 aliphatic rings. The van der Waals surface area contributed by atoms with Crippen LogP contribution in [0.25, 0.3) is 44.5 Å². The Balaban J connectivity index is 0.907. The SMILES string of the molecule is CC(C)(C)OC(=O)N1CCC[C@H]1c1nc2ccc(-c3ccc(-c4ccc(-c5cnc([C@@H]6CC7CC7N6C(=O)OC(C)(C)C)[nH]5)cc4)c4c3CC3CCC43)cc2[nH]1. The summed E-state index contributed by atoms with van der Waals surface area (Å²) in [6.07, 6.45) is 8.78. The number of benzene rings is 3. The van der Waals surface area contributed by atoms with Crippen LogP contribution in [0.15, 0.2) is 60.8 Å². The quantitative estimate of drug-likeness (QED) is 0.185. The fourth-order valence-electron chi connectivity index (χ4n) is 9.99.